The first-order valence-electron chi connectivity index (χ1n) is 5.22. The molecule has 0 amide bonds. The first-order chi connectivity index (χ1) is 6.99. The number of rotatable bonds is 4. The van der Waals surface area contributed by atoms with Gasteiger partial charge in [-0.2, -0.15) is 0 Å². The predicted molar refractivity (Wildman–Crippen MR) is 58.4 cm³/mol. The smallest absolute Gasteiger partial charge is 0.308 e. The molecule has 0 fully saturated rings. The van der Waals surface area contributed by atoms with Crippen LogP contribution in [-0.2, 0) is 19.1 Å². The Bertz CT molecular complexity index is 175. The molecule has 0 heterocycles. The Balaban J connectivity index is 0. The molecule has 0 saturated heterocycles. The number of carbonyl (C=O) groups excluding carboxylic acids is 2. The van der Waals surface area contributed by atoms with E-state index in [4.69, 9.17) is 0 Å². The highest BCUT2D eigenvalue weighted by Gasteiger charge is 2.04. The summed E-state index contributed by atoms with van der Waals surface area (Å²) in [6, 6.07) is 0. The van der Waals surface area contributed by atoms with Crippen molar-refractivity contribution in [2.75, 3.05) is 13.7 Å². The third-order valence-electron chi connectivity index (χ3n) is 1.44. The molecule has 0 aliphatic carbocycles. The molecule has 0 saturated carbocycles. The van der Waals surface area contributed by atoms with E-state index in [0.29, 0.717) is 13.0 Å². The molecule has 0 bridgehead atoms. The van der Waals surface area contributed by atoms with Crippen LogP contribution in [0.15, 0.2) is 0 Å². The molecule has 0 N–H and O–H groups in total. The molecule has 0 rings (SSSR count). The molecule has 4 heteroatoms. The lowest BCUT2D eigenvalue weighted by atomic mass is 10.2. The fourth-order valence-electron chi connectivity index (χ4n) is 0.615. The molecular formula is C11H22O4. The van der Waals surface area contributed by atoms with Gasteiger partial charge in [-0.1, -0.05) is 20.8 Å². The zero-order valence-corrected chi connectivity index (χ0v) is 10.3. The van der Waals surface area contributed by atoms with Crippen molar-refractivity contribution in [3.8, 4) is 0 Å². The van der Waals surface area contributed by atoms with Crippen LogP contribution in [0, 0.1) is 5.92 Å². The van der Waals surface area contributed by atoms with Crippen LogP contribution in [0.1, 0.15) is 40.5 Å². The molecule has 0 aromatic carbocycles. The summed E-state index contributed by atoms with van der Waals surface area (Å²) in [6.07, 6.45) is 1.41. The Morgan fingerprint density at radius 3 is 1.87 bits per heavy atom. The van der Waals surface area contributed by atoms with Crippen LogP contribution < -0.4 is 0 Å². The number of esters is 2. The molecule has 0 radical (unpaired) electrons. The van der Waals surface area contributed by atoms with Gasteiger partial charge in [0.25, 0.3) is 0 Å². The molecule has 0 aromatic rings. The zero-order chi connectivity index (χ0) is 12.3. The average Bonchev–Trinajstić information content (AvgIpc) is 2.19. The van der Waals surface area contributed by atoms with E-state index in [1.54, 1.807) is 6.92 Å². The van der Waals surface area contributed by atoms with E-state index in [0.717, 1.165) is 6.42 Å². The third-order valence-corrected chi connectivity index (χ3v) is 1.44. The molecule has 0 atom stereocenters. The van der Waals surface area contributed by atoms with Crippen LogP contribution in [0.25, 0.3) is 0 Å². The van der Waals surface area contributed by atoms with Crippen LogP contribution in [0.5, 0.6) is 0 Å². The summed E-state index contributed by atoms with van der Waals surface area (Å²) in [7, 11) is 1.40. The minimum absolute atomic E-state index is 0.00921. The second-order valence-corrected chi connectivity index (χ2v) is 3.23. The molecule has 0 unspecified atom stereocenters. The van der Waals surface area contributed by atoms with E-state index in [-0.39, 0.29) is 17.9 Å². The second kappa shape index (κ2) is 11.0. The Morgan fingerprint density at radius 1 is 1.20 bits per heavy atom. The molecule has 0 aliphatic rings. The van der Waals surface area contributed by atoms with Crippen LogP contribution in [-0.4, -0.2) is 25.7 Å². The van der Waals surface area contributed by atoms with Gasteiger partial charge in [-0.15, -0.1) is 0 Å². The molecule has 15 heavy (non-hydrogen) atoms. The van der Waals surface area contributed by atoms with Gasteiger partial charge < -0.3 is 9.47 Å². The van der Waals surface area contributed by atoms with Gasteiger partial charge >= 0.3 is 11.9 Å². The average molecular weight is 218 g/mol. The van der Waals surface area contributed by atoms with Crippen molar-refractivity contribution >= 4 is 11.9 Å². The third kappa shape index (κ3) is 12.9. The van der Waals surface area contributed by atoms with Gasteiger partial charge in [0.1, 0.15) is 0 Å². The maximum atomic E-state index is 10.5. The van der Waals surface area contributed by atoms with E-state index >= 15 is 0 Å². The Kier molecular flexibility index (Phi) is 12.0. The fourth-order valence-corrected chi connectivity index (χ4v) is 0.615. The van der Waals surface area contributed by atoms with Gasteiger partial charge in [0.2, 0.25) is 0 Å². The monoisotopic (exact) mass is 218 g/mol. The van der Waals surface area contributed by atoms with Crippen LogP contribution in [0.3, 0.4) is 0 Å². The topological polar surface area (TPSA) is 52.6 Å². The minimum atomic E-state index is -0.123. The summed E-state index contributed by atoms with van der Waals surface area (Å²) < 4.78 is 9.02. The van der Waals surface area contributed by atoms with E-state index < -0.39 is 0 Å². The van der Waals surface area contributed by atoms with Gasteiger partial charge in [-0.3, -0.25) is 9.59 Å². The minimum Gasteiger partial charge on any atom is -0.469 e. The summed E-state index contributed by atoms with van der Waals surface area (Å²) >= 11 is 0. The van der Waals surface area contributed by atoms with Gasteiger partial charge in [-0.05, 0) is 13.3 Å². The van der Waals surface area contributed by atoms with Crippen molar-refractivity contribution in [3.63, 3.8) is 0 Å². The van der Waals surface area contributed by atoms with E-state index in [1.807, 2.05) is 20.8 Å². The fraction of sp³-hybridized carbons (Fsp3) is 0.818. The van der Waals surface area contributed by atoms with E-state index in [2.05, 4.69) is 9.47 Å². The van der Waals surface area contributed by atoms with Crippen LogP contribution >= 0.6 is 0 Å². The van der Waals surface area contributed by atoms with E-state index in [1.165, 1.54) is 7.11 Å². The zero-order valence-electron chi connectivity index (χ0n) is 10.3. The predicted octanol–water partition coefficient (Wildman–Crippen LogP) is 2.17. The molecule has 0 spiro atoms. The Hall–Kier alpha value is -1.06. The largest absolute Gasteiger partial charge is 0.469 e. The SMILES string of the molecule is CCCC(=O)OC.CCOC(=O)C(C)C. The highest BCUT2D eigenvalue weighted by Crippen LogP contribution is 1.93. The number of ether oxygens (including phenoxy) is 2. The number of carbonyl (C=O) groups is 2. The Labute approximate surface area is 91.9 Å². The van der Waals surface area contributed by atoms with Gasteiger partial charge in [0, 0.05) is 6.42 Å². The molecule has 4 nitrogen and oxygen atoms in total. The lowest BCUT2D eigenvalue weighted by Gasteiger charge is -2.01. The van der Waals surface area contributed by atoms with E-state index in [9.17, 15) is 9.59 Å². The van der Waals surface area contributed by atoms with Gasteiger partial charge in [0.05, 0.1) is 19.6 Å². The number of hydrogen-bond donors (Lipinski definition) is 0. The van der Waals surface area contributed by atoms with Crippen molar-refractivity contribution in [2.45, 2.75) is 40.5 Å². The highest BCUT2D eigenvalue weighted by molar-refractivity contribution is 5.71. The van der Waals surface area contributed by atoms with Crippen molar-refractivity contribution in [1.82, 2.24) is 0 Å². The van der Waals surface area contributed by atoms with Crippen molar-refractivity contribution in [3.05, 3.63) is 0 Å². The summed E-state index contributed by atoms with van der Waals surface area (Å²) in [4.78, 5) is 20.7. The first kappa shape index (κ1) is 16.4. The van der Waals surface area contributed by atoms with Crippen molar-refractivity contribution in [2.24, 2.45) is 5.92 Å². The normalized spacial score (nSPS) is 8.93. The maximum absolute atomic E-state index is 10.5. The summed E-state index contributed by atoms with van der Waals surface area (Å²) in [5, 5.41) is 0. The summed E-state index contributed by atoms with van der Waals surface area (Å²) in [6.45, 7) is 7.87. The standard InChI is InChI=1S/C6H12O2.C5H10O2/c1-4-8-6(7)5(2)3;1-3-4-5(6)7-2/h5H,4H2,1-3H3;3-4H2,1-2H3. The molecule has 0 aromatic heterocycles. The summed E-state index contributed by atoms with van der Waals surface area (Å²) in [5.41, 5.74) is 0. The number of hydrogen-bond acceptors (Lipinski definition) is 4. The van der Waals surface area contributed by atoms with Crippen molar-refractivity contribution in [1.29, 1.82) is 0 Å². The molecule has 90 valence electrons. The van der Waals surface area contributed by atoms with Crippen LogP contribution in [0.4, 0.5) is 0 Å². The second-order valence-electron chi connectivity index (χ2n) is 3.23. The van der Waals surface area contributed by atoms with Gasteiger partial charge in [-0.25, -0.2) is 0 Å². The lowest BCUT2D eigenvalue weighted by Crippen LogP contribution is -2.10. The van der Waals surface area contributed by atoms with Crippen LogP contribution in [0.2, 0.25) is 0 Å². The highest BCUT2D eigenvalue weighted by atomic mass is 16.5. The Morgan fingerprint density at radius 2 is 1.73 bits per heavy atom. The molecular weight excluding hydrogens is 196 g/mol. The van der Waals surface area contributed by atoms with Gasteiger partial charge in [0.15, 0.2) is 0 Å². The number of methoxy groups -OCH3 is 1. The summed E-state index contributed by atoms with van der Waals surface area (Å²) in [5.74, 6) is -0.232. The first-order valence-corrected chi connectivity index (χ1v) is 5.22. The quantitative estimate of drug-likeness (QED) is 0.678. The van der Waals surface area contributed by atoms with Crippen molar-refractivity contribution < 1.29 is 19.1 Å². The molecule has 0 aliphatic heterocycles. The maximum Gasteiger partial charge on any atom is 0.308 e. The lowest BCUT2D eigenvalue weighted by molar-refractivity contribution is -0.146.